The summed E-state index contributed by atoms with van der Waals surface area (Å²) in [5.74, 6) is 4.30. The molecular weight excluding hydrogens is 368 g/mol. The summed E-state index contributed by atoms with van der Waals surface area (Å²) in [7, 11) is -3.84. The lowest BCUT2D eigenvalue weighted by molar-refractivity contribution is -0.167. The number of hydroxylamine groups is 2. The fourth-order valence-electron chi connectivity index (χ4n) is 2.94. The van der Waals surface area contributed by atoms with Gasteiger partial charge in [0.2, 0.25) is 5.91 Å². The first-order valence-electron chi connectivity index (χ1n) is 8.95. The van der Waals surface area contributed by atoms with Crippen LogP contribution < -0.4 is 4.74 Å². The zero-order valence-electron chi connectivity index (χ0n) is 15.7. The Morgan fingerprint density at radius 1 is 1.30 bits per heavy atom. The largest absolute Gasteiger partial charge is 0.481 e. The van der Waals surface area contributed by atoms with E-state index in [1.807, 2.05) is 0 Å². The van der Waals surface area contributed by atoms with Gasteiger partial charge in [0.15, 0.2) is 15.7 Å². The molecule has 148 valence electrons. The number of carbonyl (C=O) groups is 1. The third-order valence-electron chi connectivity index (χ3n) is 4.60. The van der Waals surface area contributed by atoms with Crippen molar-refractivity contribution in [3.63, 3.8) is 0 Å². The molecular formula is C19H26N2O5S. The van der Waals surface area contributed by atoms with Crippen molar-refractivity contribution in [2.75, 3.05) is 32.1 Å². The maximum atomic E-state index is 12.5. The number of ether oxygens (including phenoxy) is 1. The van der Waals surface area contributed by atoms with Crippen LogP contribution in [-0.2, 0) is 14.6 Å². The fourth-order valence-corrected chi connectivity index (χ4v) is 4.09. The Morgan fingerprint density at radius 3 is 2.48 bits per heavy atom. The minimum atomic E-state index is -3.84. The van der Waals surface area contributed by atoms with Gasteiger partial charge in [0.25, 0.3) is 0 Å². The Morgan fingerprint density at radius 2 is 1.93 bits per heavy atom. The van der Waals surface area contributed by atoms with Crippen LogP contribution in [-0.4, -0.2) is 61.6 Å². The van der Waals surface area contributed by atoms with Crippen LogP contribution in [0.3, 0.4) is 0 Å². The molecule has 1 aromatic rings. The zero-order valence-corrected chi connectivity index (χ0v) is 16.5. The van der Waals surface area contributed by atoms with E-state index in [2.05, 4.69) is 23.7 Å². The summed E-state index contributed by atoms with van der Waals surface area (Å²) < 4.78 is 30.3. The van der Waals surface area contributed by atoms with E-state index in [0.717, 1.165) is 19.6 Å². The van der Waals surface area contributed by atoms with Gasteiger partial charge in [-0.25, -0.2) is 13.5 Å². The van der Waals surface area contributed by atoms with Crippen molar-refractivity contribution in [1.82, 2.24) is 9.96 Å². The number of hydrogen-bond donors (Lipinski definition) is 1. The van der Waals surface area contributed by atoms with Crippen LogP contribution in [0.25, 0.3) is 0 Å². The monoisotopic (exact) mass is 394 g/mol. The first kappa shape index (κ1) is 21.2. The summed E-state index contributed by atoms with van der Waals surface area (Å²) in [6.07, 6.45) is 1.24. The zero-order chi connectivity index (χ0) is 19.9. The Balaban J connectivity index is 1.96. The van der Waals surface area contributed by atoms with Gasteiger partial charge in [0, 0.05) is 5.92 Å². The van der Waals surface area contributed by atoms with Gasteiger partial charge >= 0.3 is 0 Å². The quantitative estimate of drug-likeness (QED) is 0.431. The molecule has 1 aliphatic rings. The summed E-state index contributed by atoms with van der Waals surface area (Å²) in [5, 5.41) is 10.4. The van der Waals surface area contributed by atoms with Crippen LogP contribution in [0.2, 0.25) is 0 Å². The average Bonchev–Trinajstić information content (AvgIpc) is 2.67. The molecule has 0 aliphatic carbocycles. The maximum Gasteiger partial charge on any atom is 0.250 e. The van der Waals surface area contributed by atoms with Crippen LogP contribution in [0.15, 0.2) is 29.2 Å². The molecule has 1 amide bonds. The Hall–Kier alpha value is -2.08. The third kappa shape index (κ3) is 5.96. The lowest BCUT2D eigenvalue weighted by Gasteiger charge is -2.31. The smallest absolute Gasteiger partial charge is 0.250 e. The Bertz CT molecular complexity index is 788. The van der Waals surface area contributed by atoms with Crippen LogP contribution in [0.5, 0.6) is 5.75 Å². The molecule has 27 heavy (non-hydrogen) atoms. The number of carbonyl (C=O) groups excluding carboxylic acids is 1. The predicted octanol–water partition coefficient (Wildman–Crippen LogP) is 1.77. The molecule has 1 heterocycles. The number of amides is 1. The van der Waals surface area contributed by atoms with Crippen molar-refractivity contribution in [3.8, 4) is 17.6 Å². The molecule has 8 heteroatoms. The van der Waals surface area contributed by atoms with Crippen LogP contribution in [0.4, 0.5) is 0 Å². The van der Waals surface area contributed by atoms with Crippen molar-refractivity contribution >= 4 is 15.7 Å². The maximum absolute atomic E-state index is 12.5. The van der Waals surface area contributed by atoms with E-state index in [1.54, 1.807) is 6.92 Å². The molecule has 0 radical (unpaired) electrons. The molecule has 0 atom stereocenters. The summed E-state index contributed by atoms with van der Waals surface area (Å²) in [5.41, 5.74) is 0. The normalized spacial score (nSPS) is 15.7. The fraction of sp³-hybridized carbons (Fsp3) is 0.526. The van der Waals surface area contributed by atoms with E-state index < -0.39 is 21.6 Å². The summed E-state index contributed by atoms with van der Waals surface area (Å²) in [4.78, 5) is 14.6. The molecule has 0 aromatic heterocycles. The van der Waals surface area contributed by atoms with E-state index in [9.17, 15) is 18.4 Å². The summed E-state index contributed by atoms with van der Waals surface area (Å²) >= 11 is 0. The highest BCUT2D eigenvalue weighted by Crippen LogP contribution is 2.21. The van der Waals surface area contributed by atoms with Gasteiger partial charge in [0.05, 0.1) is 4.90 Å². The van der Waals surface area contributed by atoms with Gasteiger partial charge in [-0.15, -0.1) is 5.92 Å². The highest BCUT2D eigenvalue weighted by molar-refractivity contribution is 7.91. The standard InChI is InChI=1S/C19H26N2O5S/c1-3-5-14-26-17-6-8-18(9-7-17)27(24,25)15-21(23)19(22)16-10-12-20(4-2)13-11-16/h6-9,16,23H,4,10-15H2,1-2H3. The Kier molecular flexibility index (Phi) is 7.66. The van der Waals surface area contributed by atoms with Gasteiger partial charge in [-0.05, 0) is 63.7 Å². The molecule has 0 bridgehead atoms. The van der Waals surface area contributed by atoms with Crippen molar-refractivity contribution in [2.45, 2.75) is 31.6 Å². The molecule has 7 nitrogen and oxygen atoms in total. The number of likely N-dealkylation sites (tertiary alicyclic amines) is 1. The number of rotatable bonds is 7. The van der Waals surface area contributed by atoms with Gasteiger partial charge in [-0.1, -0.05) is 12.8 Å². The van der Waals surface area contributed by atoms with Gasteiger partial charge < -0.3 is 9.64 Å². The van der Waals surface area contributed by atoms with Gasteiger partial charge in [-0.3, -0.25) is 10.0 Å². The van der Waals surface area contributed by atoms with Gasteiger partial charge in [-0.2, -0.15) is 0 Å². The van der Waals surface area contributed by atoms with E-state index >= 15 is 0 Å². The predicted molar refractivity (Wildman–Crippen MR) is 101 cm³/mol. The molecule has 2 rings (SSSR count). The molecule has 0 saturated carbocycles. The second-order valence-corrected chi connectivity index (χ2v) is 8.34. The molecule has 0 unspecified atom stereocenters. The molecule has 1 N–H and O–H groups in total. The lowest BCUT2D eigenvalue weighted by Crippen LogP contribution is -2.42. The molecule has 1 fully saturated rings. The summed E-state index contributed by atoms with van der Waals surface area (Å²) in [6, 6.07) is 5.83. The van der Waals surface area contributed by atoms with Crippen LogP contribution in [0.1, 0.15) is 26.7 Å². The first-order valence-corrected chi connectivity index (χ1v) is 10.6. The molecule has 0 spiro atoms. The van der Waals surface area contributed by atoms with Gasteiger partial charge in [0.1, 0.15) is 12.4 Å². The molecule has 1 aliphatic heterocycles. The van der Waals surface area contributed by atoms with E-state index in [0.29, 0.717) is 23.7 Å². The van der Waals surface area contributed by atoms with Crippen molar-refractivity contribution < 1.29 is 23.2 Å². The molecule has 1 aromatic carbocycles. The lowest BCUT2D eigenvalue weighted by atomic mass is 9.96. The second kappa shape index (κ2) is 9.74. The minimum absolute atomic E-state index is 0.0177. The van der Waals surface area contributed by atoms with Crippen molar-refractivity contribution in [3.05, 3.63) is 24.3 Å². The summed E-state index contributed by atoms with van der Waals surface area (Å²) in [6.45, 7) is 6.45. The second-order valence-electron chi connectivity index (χ2n) is 6.38. The highest BCUT2D eigenvalue weighted by Gasteiger charge is 2.30. The van der Waals surface area contributed by atoms with E-state index in [4.69, 9.17) is 4.74 Å². The number of benzene rings is 1. The molecule has 1 saturated heterocycles. The average molecular weight is 394 g/mol. The van der Waals surface area contributed by atoms with Crippen molar-refractivity contribution in [2.24, 2.45) is 5.92 Å². The SMILES string of the molecule is CC#CCOc1ccc(S(=O)(=O)CN(O)C(=O)C2CCN(CC)CC2)cc1. The third-order valence-corrected chi connectivity index (χ3v) is 6.18. The first-order chi connectivity index (χ1) is 12.9. The topological polar surface area (TPSA) is 87.1 Å². The minimum Gasteiger partial charge on any atom is -0.481 e. The van der Waals surface area contributed by atoms with E-state index in [1.165, 1.54) is 24.3 Å². The number of hydrogen-bond acceptors (Lipinski definition) is 6. The van der Waals surface area contributed by atoms with Crippen LogP contribution >= 0.6 is 0 Å². The van der Waals surface area contributed by atoms with Crippen molar-refractivity contribution in [1.29, 1.82) is 0 Å². The number of sulfone groups is 1. The Labute approximate surface area is 160 Å². The van der Waals surface area contributed by atoms with E-state index in [-0.39, 0.29) is 17.4 Å². The highest BCUT2D eigenvalue weighted by atomic mass is 32.2. The number of nitrogens with zero attached hydrogens (tertiary/aromatic N) is 2. The van der Waals surface area contributed by atoms with Crippen LogP contribution in [0, 0.1) is 17.8 Å². The number of piperidine rings is 1.